The molecule has 5 rings (SSSR count). The number of nitrogens with one attached hydrogen (secondary N) is 1. The van der Waals surface area contributed by atoms with E-state index in [1.165, 1.54) is 22.6 Å². The van der Waals surface area contributed by atoms with Gasteiger partial charge >= 0.3 is 0 Å². The minimum atomic E-state index is -0.810. The van der Waals surface area contributed by atoms with Crippen LogP contribution in [0.15, 0.2) is 97.1 Å². The zero-order valence-electron chi connectivity index (χ0n) is 21.3. The van der Waals surface area contributed by atoms with Crippen molar-refractivity contribution in [1.82, 2.24) is 5.32 Å². The Kier molecular flexibility index (Phi) is 7.41. The number of nitrogens with two attached hydrogens (primary N) is 1. The second-order valence-corrected chi connectivity index (χ2v) is 9.67. The van der Waals surface area contributed by atoms with Gasteiger partial charge in [0.15, 0.2) is 0 Å². The van der Waals surface area contributed by atoms with Gasteiger partial charge in [-0.05, 0) is 45.9 Å². The molecule has 196 valence electrons. The normalized spacial score (nSPS) is 14.5. The number of aryl methyl sites for hydroxylation is 1. The lowest BCUT2D eigenvalue weighted by Crippen LogP contribution is -2.54. The lowest BCUT2D eigenvalue weighted by atomic mass is 9.96. The summed E-state index contributed by atoms with van der Waals surface area (Å²) in [6.45, 7) is -0.330. The molecule has 39 heavy (non-hydrogen) atoms. The summed E-state index contributed by atoms with van der Waals surface area (Å²) < 4.78 is 0. The fourth-order valence-electron chi connectivity index (χ4n) is 4.90. The second kappa shape index (κ2) is 11.2. The van der Waals surface area contributed by atoms with Crippen LogP contribution in [0, 0.1) is 0 Å². The van der Waals surface area contributed by atoms with Crippen molar-refractivity contribution in [2.75, 3.05) is 11.4 Å². The van der Waals surface area contributed by atoms with E-state index in [0.717, 1.165) is 27.8 Å². The number of phenols is 1. The molecule has 0 bridgehead atoms. The molecule has 3 amide bonds. The van der Waals surface area contributed by atoms with Gasteiger partial charge in [0.05, 0.1) is 5.69 Å². The summed E-state index contributed by atoms with van der Waals surface area (Å²) in [6.07, 6.45) is 1.01. The van der Waals surface area contributed by atoms with Gasteiger partial charge in [-0.1, -0.05) is 84.9 Å². The van der Waals surface area contributed by atoms with Crippen molar-refractivity contribution in [2.45, 2.75) is 25.3 Å². The number of phenolic OH excluding ortho intramolecular Hbond substituents is 1. The minimum absolute atomic E-state index is 0.0197. The first-order valence-corrected chi connectivity index (χ1v) is 12.8. The number of anilines is 1. The Morgan fingerprint density at radius 1 is 0.846 bits per heavy atom. The monoisotopic (exact) mass is 519 g/mol. The van der Waals surface area contributed by atoms with E-state index < -0.39 is 17.9 Å². The van der Waals surface area contributed by atoms with Gasteiger partial charge in [-0.2, -0.15) is 0 Å². The summed E-state index contributed by atoms with van der Waals surface area (Å²) in [5.41, 5.74) is 12.1. The first kappa shape index (κ1) is 25.7. The van der Waals surface area contributed by atoms with Crippen molar-refractivity contribution in [3.8, 4) is 28.0 Å². The zero-order valence-corrected chi connectivity index (χ0v) is 21.3. The molecule has 0 aromatic heterocycles. The van der Waals surface area contributed by atoms with Crippen molar-refractivity contribution < 1.29 is 19.5 Å². The molecule has 4 aromatic carbocycles. The molecule has 0 radical (unpaired) electrons. The van der Waals surface area contributed by atoms with Crippen LogP contribution in [0.2, 0.25) is 0 Å². The van der Waals surface area contributed by atoms with Crippen LogP contribution in [0.5, 0.6) is 5.75 Å². The molecular weight excluding hydrogens is 490 g/mol. The molecule has 7 nitrogen and oxygen atoms in total. The standard InChI is InChI=1S/C32H29N3O4/c33-30(37)20-35-29-19-27(36)16-15-26(29)18-28(32(35)39)34-31(38)17-8-21-6-9-23(10-7-21)25-13-11-24(12-14-25)22-4-2-1-3-5-22/h1-7,9-16,19,28,36H,8,17-18,20H2,(H2,33,37)(H,34,38)/t28-/m0/s1. The molecule has 0 spiro atoms. The molecule has 1 heterocycles. The van der Waals surface area contributed by atoms with Gasteiger partial charge in [-0.15, -0.1) is 0 Å². The lowest BCUT2D eigenvalue weighted by molar-refractivity contribution is -0.128. The molecule has 0 unspecified atom stereocenters. The van der Waals surface area contributed by atoms with E-state index in [0.29, 0.717) is 12.1 Å². The third kappa shape index (κ3) is 5.99. The van der Waals surface area contributed by atoms with Gasteiger partial charge in [0.2, 0.25) is 17.7 Å². The number of rotatable bonds is 8. The third-order valence-corrected chi connectivity index (χ3v) is 6.92. The molecule has 0 aliphatic carbocycles. The molecule has 7 heteroatoms. The average Bonchev–Trinajstić information content (AvgIpc) is 2.95. The molecule has 4 aromatic rings. The Hall–Kier alpha value is -4.91. The fraction of sp³-hybridized carbons (Fsp3) is 0.156. The van der Waals surface area contributed by atoms with E-state index in [1.54, 1.807) is 6.07 Å². The number of hydrogen-bond acceptors (Lipinski definition) is 4. The van der Waals surface area contributed by atoms with Crippen molar-refractivity contribution in [3.63, 3.8) is 0 Å². The highest BCUT2D eigenvalue weighted by Crippen LogP contribution is 2.31. The highest BCUT2D eigenvalue weighted by atomic mass is 16.3. The number of carbonyl (C=O) groups excluding carboxylic acids is 3. The highest BCUT2D eigenvalue weighted by molar-refractivity contribution is 6.05. The predicted molar refractivity (Wildman–Crippen MR) is 151 cm³/mol. The van der Waals surface area contributed by atoms with Gasteiger partial charge in [-0.3, -0.25) is 14.4 Å². The number of hydrogen-bond donors (Lipinski definition) is 3. The summed E-state index contributed by atoms with van der Waals surface area (Å²) in [5.74, 6) is -1.38. The molecular formula is C32H29N3O4. The Morgan fingerprint density at radius 2 is 1.44 bits per heavy atom. The Morgan fingerprint density at radius 3 is 2.05 bits per heavy atom. The largest absolute Gasteiger partial charge is 0.508 e. The van der Waals surface area contributed by atoms with Gasteiger partial charge in [0, 0.05) is 18.9 Å². The zero-order chi connectivity index (χ0) is 27.4. The summed E-state index contributed by atoms with van der Waals surface area (Å²) in [4.78, 5) is 38.6. The minimum Gasteiger partial charge on any atom is -0.508 e. The van der Waals surface area contributed by atoms with Crippen LogP contribution in [0.25, 0.3) is 22.3 Å². The van der Waals surface area contributed by atoms with Crippen LogP contribution < -0.4 is 16.0 Å². The summed E-state index contributed by atoms with van der Waals surface area (Å²) in [7, 11) is 0. The molecule has 1 atom stereocenters. The smallest absolute Gasteiger partial charge is 0.250 e. The lowest BCUT2D eigenvalue weighted by Gasteiger charge is -2.33. The van der Waals surface area contributed by atoms with E-state index in [9.17, 15) is 19.5 Å². The number of nitrogens with zero attached hydrogens (tertiary/aromatic N) is 1. The van der Waals surface area contributed by atoms with Crippen LogP contribution in [0.3, 0.4) is 0 Å². The Labute approximate surface area is 226 Å². The Bertz CT molecular complexity index is 1500. The summed E-state index contributed by atoms with van der Waals surface area (Å²) >= 11 is 0. The number of fused-ring (bicyclic) bond motifs is 1. The van der Waals surface area contributed by atoms with Crippen LogP contribution in [-0.2, 0) is 27.2 Å². The maximum absolute atomic E-state index is 13.0. The summed E-state index contributed by atoms with van der Waals surface area (Å²) in [5, 5.41) is 12.6. The maximum Gasteiger partial charge on any atom is 0.250 e. The summed E-state index contributed by atoms with van der Waals surface area (Å²) in [6, 6.07) is 30.6. The van der Waals surface area contributed by atoms with E-state index in [1.807, 2.05) is 42.5 Å². The SMILES string of the molecule is NC(=O)CN1C(=O)[C@@H](NC(=O)CCc2ccc(-c3ccc(-c4ccccc4)cc3)cc2)Cc2ccc(O)cc21. The molecule has 1 aliphatic rings. The quantitative estimate of drug-likeness (QED) is 0.324. The predicted octanol–water partition coefficient (Wildman–Crippen LogP) is 4.22. The van der Waals surface area contributed by atoms with Crippen LogP contribution in [0.1, 0.15) is 17.5 Å². The Balaban J connectivity index is 1.19. The van der Waals surface area contributed by atoms with E-state index in [2.05, 4.69) is 41.7 Å². The topological polar surface area (TPSA) is 113 Å². The van der Waals surface area contributed by atoms with E-state index in [4.69, 9.17) is 5.73 Å². The molecule has 1 aliphatic heterocycles. The van der Waals surface area contributed by atoms with Gasteiger partial charge in [0.25, 0.3) is 0 Å². The van der Waals surface area contributed by atoms with Crippen molar-refractivity contribution >= 4 is 23.4 Å². The van der Waals surface area contributed by atoms with Crippen LogP contribution in [0.4, 0.5) is 5.69 Å². The number of primary amides is 1. The van der Waals surface area contributed by atoms with Gasteiger partial charge in [-0.25, -0.2) is 0 Å². The molecule has 0 fully saturated rings. The van der Waals surface area contributed by atoms with Crippen molar-refractivity contribution in [1.29, 1.82) is 0 Å². The molecule has 0 saturated heterocycles. The van der Waals surface area contributed by atoms with E-state index >= 15 is 0 Å². The fourth-order valence-corrected chi connectivity index (χ4v) is 4.90. The average molecular weight is 520 g/mol. The van der Waals surface area contributed by atoms with Crippen molar-refractivity contribution in [2.24, 2.45) is 5.73 Å². The first-order valence-electron chi connectivity index (χ1n) is 12.8. The van der Waals surface area contributed by atoms with Crippen LogP contribution >= 0.6 is 0 Å². The highest BCUT2D eigenvalue weighted by Gasteiger charge is 2.34. The molecule has 0 saturated carbocycles. The van der Waals surface area contributed by atoms with Crippen molar-refractivity contribution in [3.05, 3.63) is 108 Å². The molecule has 4 N–H and O–H groups in total. The maximum atomic E-state index is 13.0. The van der Waals surface area contributed by atoms with Crippen LogP contribution in [-0.4, -0.2) is 35.4 Å². The van der Waals surface area contributed by atoms with Gasteiger partial charge < -0.3 is 21.1 Å². The number of benzene rings is 4. The van der Waals surface area contributed by atoms with E-state index in [-0.39, 0.29) is 31.0 Å². The second-order valence-electron chi connectivity index (χ2n) is 9.67. The number of carbonyl (C=O) groups is 3. The third-order valence-electron chi connectivity index (χ3n) is 6.92. The van der Waals surface area contributed by atoms with Gasteiger partial charge in [0.1, 0.15) is 18.3 Å². The number of amides is 3. The number of aromatic hydroxyl groups is 1. The first-order chi connectivity index (χ1) is 18.9.